The van der Waals surface area contributed by atoms with Gasteiger partial charge < -0.3 is 11.5 Å². The van der Waals surface area contributed by atoms with Gasteiger partial charge in [0, 0.05) is 0 Å². The maximum atomic E-state index is 10.6. The van der Waals surface area contributed by atoms with Gasteiger partial charge in [-0.25, -0.2) is 0 Å². The molecule has 0 aliphatic heterocycles. The molecule has 1 rings (SSSR count). The van der Waals surface area contributed by atoms with Crippen molar-refractivity contribution < 1.29 is 4.79 Å². The Labute approximate surface area is 77.7 Å². The lowest BCUT2D eigenvalue weighted by molar-refractivity contribution is -0.119. The van der Waals surface area contributed by atoms with Crippen molar-refractivity contribution in [1.82, 2.24) is 0 Å². The van der Waals surface area contributed by atoms with Crippen LogP contribution in [0.5, 0.6) is 0 Å². The van der Waals surface area contributed by atoms with E-state index >= 15 is 0 Å². The van der Waals surface area contributed by atoms with Crippen molar-refractivity contribution in [2.24, 2.45) is 11.5 Å². The fourth-order valence-corrected chi connectivity index (χ4v) is 1.11. The summed E-state index contributed by atoms with van der Waals surface area (Å²) in [7, 11) is 0. The van der Waals surface area contributed by atoms with Crippen LogP contribution in [0.3, 0.4) is 0 Å². The molecule has 1 aromatic rings. The number of aryl methyl sites for hydroxylation is 1. The second-order valence-electron chi connectivity index (χ2n) is 3.03. The smallest absolute Gasteiger partial charge is 0.234 e. The molecule has 13 heavy (non-hydrogen) atoms. The zero-order chi connectivity index (χ0) is 9.68. The molecular weight excluding hydrogens is 164 g/mol. The van der Waals surface area contributed by atoms with Crippen molar-refractivity contribution in [1.29, 1.82) is 0 Å². The van der Waals surface area contributed by atoms with Crippen LogP contribution >= 0.6 is 0 Å². The Hall–Kier alpha value is -1.35. The molecule has 3 nitrogen and oxygen atoms in total. The van der Waals surface area contributed by atoms with Gasteiger partial charge in [0.15, 0.2) is 0 Å². The van der Waals surface area contributed by atoms with Gasteiger partial charge >= 0.3 is 0 Å². The van der Waals surface area contributed by atoms with Crippen LogP contribution in [0.15, 0.2) is 30.3 Å². The van der Waals surface area contributed by atoms with Crippen molar-refractivity contribution in [2.45, 2.75) is 18.9 Å². The normalized spacial score (nSPS) is 12.4. The Morgan fingerprint density at radius 1 is 1.31 bits per heavy atom. The van der Waals surface area contributed by atoms with Crippen LogP contribution in [0.25, 0.3) is 0 Å². The number of hydrogen-bond acceptors (Lipinski definition) is 2. The van der Waals surface area contributed by atoms with Gasteiger partial charge in [-0.3, -0.25) is 4.79 Å². The second-order valence-corrected chi connectivity index (χ2v) is 3.03. The SMILES string of the molecule is NC(=O)C(N)CCc1ccccc1. The molecule has 0 saturated heterocycles. The van der Waals surface area contributed by atoms with Gasteiger partial charge in [-0.15, -0.1) is 0 Å². The van der Waals surface area contributed by atoms with Crippen LogP contribution in [-0.4, -0.2) is 11.9 Å². The first kappa shape index (κ1) is 9.74. The fraction of sp³-hybridized carbons (Fsp3) is 0.300. The summed E-state index contributed by atoms with van der Waals surface area (Å²) in [6.45, 7) is 0. The maximum absolute atomic E-state index is 10.6. The fourth-order valence-electron chi connectivity index (χ4n) is 1.11. The summed E-state index contributed by atoms with van der Waals surface area (Å²) in [6.07, 6.45) is 1.41. The van der Waals surface area contributed by atoms with Gasteiger partial charge in [0.25, 0.3) is 0 Å². The first-order valence-electron chi connectivity index (χ1n) is 4.29. The topological polar surface area (TPSA) is 69.1 Å². The molecule has 1 atom stereocenters. The van der Waals surface area contributed by atoms with Crippen molar-refractivity contribution in [3.05, 3.63) is 35.9 Å². The van der Waals surface area contributed by atoms with Gasteiger partial charge in [-0.1, -0.05) is 30.3 Å². The van der Waals surface area contributed by atoms with Gasteiger partial charge in [-0.05, 0) is 18.4 Å². The second kappa shape index (κ2) is 4.62. The number of rotatable bonds is 4. The quantitative estimate of drug-likeness (QED) is 0.702. The molecule has 4 N–H and O–H groups in total. The van der Waals surface area contributed by atoms with Crippen molar-refractivity contribution in [3.8, 4) is 0 Å². The zero-order valence-electron chi connectivity index (χ0n) is 7.44. The molecule has 1 unspecified atom stereocenters. The lowest BCUT2D eigenvalue weighted by Gasteiger charge is -2.06. The van der Waals surface area contributed by atoms with Crippen LogP contribution in [0.4, 0.5) is 0 Å². The Kier molecular flexibility index (Phi) is 3.46. The van der Waals surface area contributed by atoms with Crippen LogP contribution in [0.1, 0.15) is 12.0 Å². The predicted molar refractivity (Wildman–Crippen MR) is 51.9 cm³/mol. The highest BCUT2D eigenvalue weighted by atomic mass is 16.1. The number of benzene rings is 1. The Balaban J connectivity index is 2.39. The van der Waals surface area contributed by atoms with Crippen molar-refractivity contribution in [2.75, 3.05) is 0 Å². The molecule has 0 bridgehead atoms. The molecule has 3 heteroatoms. The molecule has 0 fully saturated rings. The van der Waals surface area contributed by atoms with Gasteiger partial charge in [0.2, 0.25) is 5.91 Å². The summed E-state index contributed by atoms with van der Waals surface area (Å²) in [5.74, 6) is -0.434. The van der Waals surface area contributed by atoms with E-state index < -0.39 is 11.9 Å². The monoisotopic (exact) mass is 178 g/mol. The van der Waals surface area contributed by atoms with E-state index in [0.717, 1.165) is 6.42 Å². The highest BCUT2D eigenvalue weighted by molar-refractivity contribution is 5.79. The summed E-state index contributed by atoms with van der Waals surface area (Å²) in [4.78, 5) is 10.6. The summed E-state index contributed by atoms with van der Waals surface area (Å²) in [6, 6.07) is 9.37. The average molecular weight is 178 g/mol. The molecule has 0 saturated carbocycles. The van der Waals surface area contributed by atoms with Crippen molar-refractivity contribution in [3.63, 3.8) is 0 Å². The van der Waals surface area contributed by atoms with E-state index in [1.807, 2.05) is 30.3 Å². The lowest BCUT2D eigenvalue weighted by Crippen LogP contribution is -2.36. The van der Waals surface area contributed by atoms with Crippen LogP contribution in [0.2, 0.25) is 0 Å². The zero-order valence-corrected chi connectivity index (χ0v) is 7.44. The summed E-state index contributed by atoms with van der Waals surface area (Å²) < 4.78 is 0. The Morgan fingerprint density at radius 3 is 2.46 bits per heavy atom. The number of hydrogen-bond donors (Lipinski definition) is 2. The van der Waals surface area contributed by atoms with E-state index in [-0.39, 0.29) is 0 Å². The third-order valence-electron chi connectivity index (χ3n) is 1.95. The Morgan fingerprint density at radius 2 is 1.92 bits per heavy atom. The van der Waals surface area contributed by atoms with Gasteiger partial charge in [0.05, 0.1) is 6.04 Å². The van der Waals surface area contributed by atoms with Gasteiger partial charge in [-0.2, -0.15) is 0 Å². The summed E-state index contributed by atoms with van der Waals surface area (Å²) in [5, 5.41) is 0. The first-order valence-corrected chi connectivity index (χ1v) is 4.29. The van der Waals surface area contributed by atoms with E-state index in [2.05, 4.69) is 0 Å². The molecule has 0 radical (unpaired) electrons. The lowest BCUT2D eigenvalue weighted by atomic mass is 10.1. The minimum atomic E-state index is -0.528. The largest absolute Gasteiger partial charge is 0.368 e. The Bertz CT molecular complexity index is 272. The molecule has 0 aliphatic carbocycles. The number of carbonyl (C=O) groups excluding carboxylic acids is 1. The van der Waals surface area contributed by atoms with Crippen LogP contribution in [-0.2, 0) is 11.2 Å². The summed E-state index contributed by atoms with van der Waals surface area (Å²) >= 11 is 0. The molecule has 0 spiro atoms. The average Bonchev–Trinajstić information content (AvgIpc) is 2.15. The number of amides is 1. The minimum absolute atomic E-state index is 0.434. The third-order valence-corrected chi connectivity index (χ3v) is 1.95. The minimum Gasteiger partial charge on any atom is -0.368 e. The number of primary amides is 1. The number of carbonyl (C=O) groups is 1. The molecule has 0 heterocycles. The first-order chi connectivity index (χ1) is 6.20. The van der Waals surface area contributed by atoms with E-state index in [4.69, 9.17) is 11.5 Å². The standard InChI is InChI=1S/C10H14N2O/c11-9(10(12)13)7-6-8-4-2-1-3-5-8/h1-5,9H,6-7,11H2,(H2,12,13). The van der Waals surface area contributed by atoms with Crippen LogP contribution < -0.4 is 11.5 Å². The van der Waals surface area contributed by atoms with Gasteiger partial charge in [0.1, 0.15) is 0 Å². The predicted octanol–water partition coefficient (Wildman–Crippen LogP) is 0.432. The number of nitrogens with two attached hydrogens (primary N) is 2. The molecule has 70 valence electrons. The third kappa shape index (κ3) is 3.25. The molecule has 1 aromatic carbocycles. The highest BCUT2D eigenvalue weighted by Crippen LogP contribution is 2.03. The summed E-state index contributed by atoms with van der Waals surface area (Å²) in [5.41, 5.74) is 11.7. The van der Waals surface area contributed by atoms with E-state index in [9.17, 15) is 4.79 Å². The highest BCUT2D eigenvalue weighted by Gasteiger charge is 2.08. The van der Waals surface area contributed by atoms with Crippen molar-refractivity contribution >= 4 is 5.91 Å². The molecular formula is C10H14N2O. The van der Waals surface area contributed by atoms with E-state index in [1.54, 1.807) is 0 Å². The maximum Gasteiger partial charge on any atom is 0.234 e. The molecule has 0 aromatic heterocycles. The van der Waals surface area contributed by atoms with E-state index in [1.165, 1.54) is 5.56 Å². The molecule has 0 aliphatic rings. The van der Waals surface area contributed by atoms with E-state index in [0.29, 0.717) is 6.42 Å². The van der Waals surface area contributed by atoms with Crippen LogP contribution in [0, 0.1) is 0 Å². The molecule has 1 amide bonds.